The van der Waals surface area contributed by atoms with Gasteiger partial charge in [-0.25, -0.2) is 0 Å². The van der Waals surface area contributed by atoms with Crippen molar-refractivity contribution in [3.63, 3.8) is 0 Å². The Morgan fingerprint density at radius 1 is 0.960 bits per heavy atom. The van der Waals surface area contributed by atoms with E-state index in [1.165, 1.54) is 38.5 Å². The van der Waals surface area contributed by atoms with Gasteiger partial charge in [0.05, 0.1) is 14.2 Å². The Kier molecular flexibility index (Phi) is 6.39. The maximum absolute atomic E-state index is 12.1. The molecule has 2 aromatic carbocycles. The monoisotopic (exact) mass is 353 g/mol. The molecule has 134 valence electrons. The van der Waals surface area contributed by atoms with Crippen molar-refractivity contribution in [1.82, 2.24) is 0 Å². The molecule has 1 amide bonds. The molecule has 0 aliphatic rings. The fraction of sp³-hybridized carbons (Fsp3) is 0.235. The number of nitrogens with one attached hydrogen (secondary N) is 1. The summed E-state index contributed by atoms with van der Waals surface area (Å²) in [4.78, 5) is 11.9. The van der Waals surface area contributed by atoms with Gasteiger partial charge in [-0.1, -0.05) is 0 Å². The summed E-state index contributed by atoms with van der Waals surface area (Å²) in [7, 11) is 3.01. The molecule has 0 spiro atoms. The lowest BCUT2D eigenvalue weighted by Crippen LogP contribution is -2.20. The number of hydrogen-bond acceptors (Lipinski definition) is 5. The summed E-state index contributed by atoms with van der Waals surface area (Å²) in [5.74, 6) is 1.07. The first kappa shape index (κ1) is 18.3. The van der Waals surface area contributed by atoms with E-state index in [9.17, 15) is 13.6 Å². The number of halogens is 2. The van der Waals surface area contributed by atoms with Gasteiger partial charge in [0, 0.05) is 23.9 Å². The van der Waals surface area contributed by atoms with Gasteiger partial charge in [0.1, 0.15) is 23.0 Å². The molecule has 0 atom stereocenters. The van der Waals surface area contributed by atoms with Crippen molar-refractivity contribution in [3.05, 3.63) is 42.5 Å². The van der Waals surface area contributed by atoms with E-state index >= 15 is 0 Å². The van der Waals surface area contributed by atoms with Crippen molar-refractivity contribution < 1.29 is 32.5 Å². The normalized spacial score (nSPS) is 10.3. The Morgan fingerprint density at radius 3 is 2.04 bits per heavy atom. The highest BCUT2D eigenvalue weighted by atomic mass is 19.3. The summed E-state index contributed by atoms with van der Waals surface area (Å²) in [6.07, 6.45) is 0. The van der Waals surface area contributed by atoms with Crippen LogP contribution in [0.5, 0.6) is 23.0 Å². The van der Waals surface area contributed by atoms with Crippen LogP contribution in [0.1, 0.15) is 0 Å². The number of alkyl halides is 2. The molecule has 0 saturated carbocycles. The van der Waals surface area contributed by atoms with Crippen LogP contribution in [0.4, 0.5) is 14.5 Å². The second kappa shape index (κ2) is 8.72. The first-order valence-electron chi connectivity index (χ1n) is 7.20. The smallest absolute Gasteiger partial charge is 0.387 e. The van der Waals surface area contributed by atoms with Crippen LogP contribution in [0, 0.1) is 0 Å². The van der Waals surface area contributed by atoms with E-state index in [0.717, 1.165) is 0 Å². The van der Waals surface area contributed by atoms with E-state index in [4.69, 9.17) is 14.2 Å². The van der Waals surface area contributed by atoms with E-state index in [1.807, 2.05) is 0 Å². The van der Waals surface area contributed by atoms with Gasteiger partial charge in [-0.2, -0.15) is 8.78 Å². The van der Waals surface area contributed by atoms with Crippen molar-refractivity contribution in [2.45, 2.75) is 6.61 Å². The minimum atomic E-state index is -2.89. The molecule has 0 heterocycles. The van der Waals surface area contributed by atoms with E-state index < -0.39 is 12.5 Å². The Morgan fingerprint density at radius 2 is 1.52 bits per heavy atom. The fourth-order valence-electron chi connectivity index (χ4n) is 1.93. The average Bonchev–Trinajstić information content (AvgIpc) is 2.61. The highest BCUT2D eigenvalue weighted by molar-refractivity contribution is 5.91. The molecule has 0 aliphatic heterocycles. The molecule has 0 aliphatic carbocycles. The van der Waals surface area contributed by atoms with Gasteiger partial charge in [0.25, 0.3) is 5.91 Å². The molecule has 0 unspecified atom stereocenters. The van der Waals surface area contributed by atoms with E-state index in [0.29, 0.717) is 22.9 Å². The molecule has 2 rings (SSSR count). The maximum atomic E-state index is 12.1. The predicted octanol–water partition coefficient (Wildman–Crippen LogP) is 3.32. The van der Waals surface area contributed by atoms with Crippen LogP contribution < -0.4 is 24.3 Å². The number of carbonyl (C=O) groups excluding carboxylic acids is 1. The van der Waals surface area contributed by atoms with Gasteiger partial charge in [-0.3, -0.25) is 4.79 Å². The number of rotatable bonds is 8. The van der Waals surface area contributed by atoms with Crippen LogP contribution in [-0.4, -0.2) is 33.3 Å². The Bertz CT molecular complexity index is 684. The van der Waals surface area contributed by atoms with Gasteiger partial charge in [-0.05, 0) is 24.3 Å². The van der Waals surface area contributed by atoms with E-state index in [-0.39, 0.29) is 12.4 Å². The van der Waals surface area contributed by atoms with Crippen molar-refractivity contribution in [3.8, 4) is 23.0 Å². The van der Waals surface area contributed by atoms with Gasteiger partial charge in [-0.15, -0.1) is 0 Å². The first-order valence-corrected chi connectivity index (χ1v) is 7.20. The summed E-state index contributed by atoms with van der Waals surface area (Å²) < 4.78 is 44.0. The van der Waals surface area contributed by atoms with Gasteiger partial charge >= 0.3 is 6.61 Å². The van der Waals surface area contributed by atoms with Crippen LogP contribution >= 0.6 is 0 Å². The van der Waals surface area contributed by atoms with Gasteiger partial charge < -0.3 is 24.3 Å². The third kappa shape index (κ3) is 5.83. The molecule has 25 heavy (non-hydrogen) atoms. The summed E-state index contributed by atoms with van der Waals surface area (Å²) >= 11 is 0. The summed E-state index contributed by atoms with van der Waals surface area (Å²) in [5.41, 5.74) is 0.429. The number of carbonyl (C=O) groups is 1. The molecule has 6 nitrogen and oxygen atoms in total. The second-order valence-corrected chi connectivity index (χ2v) is 4.79. The number of hydrogen-bond donors (Lipinski definition) is 1. The summed E-state index contributed by atoms with van der Waals surface area (Å²) in [6.45, 7) is -3.14. The highest BCUT2D eigenvalue weighted by Crippen LogP contribution is 2.27. The van der Waals surface area contributed by atoms with Crippen LogP contribution in [0.3, 0.4) is 0 Å². The van der Waals surface area contributed by atoms with Crippen molar-refractivity contribution >= 4 is 11.6 Å². The van der Waals surface area contributed by atoms with Crippen LogP contribution in [0.15, 0.2) is 42.5 Å². The SMILES string of the molecule is COc1cc(OC)cc(OCC(=O)Nc2ccc(OC(F)F)cc2)c1. The zero-order chi connectivity index (χ0) is 18.2. The van der Waals surface area contributed by atoms with Crippen LogP contribution in [0.25, 0.3) is 0 Å². The predicted molar refractivity (Wildman–Crippen MR) is 86.7 cm³/mol. The minimum Gasteiger partial charge on any atom is -0.496 e. The molecule has 0 fully saturated rings. The number of ether oxygens (including phenoxy) is 4. The van der Waals surface area contributed by atoms with Crippen LogP contribution in [-0.2, 0) is 4.79 Å². The fourth-order valence-corrected chi connectivity index (χ4v) is 1.93. The summed E-state index contributed by atoms with van der Waals surface area (Å²) in [5, 5.41) is 2.58. The molecule has 0 aromatic heterocycles. The Labute approximate surface area is 143 Å². The lowest BCUT2D eigenvalue weighted by atomic mass is 10.3. The molecule has 2 aromatic rings. The Hall–Kier alpha value is -3.03. The minimum absolute atomic E-state index is 0.00715. The maximum Gasteiger partial charge on any atom is 0.387 e. The highest BCUT2D eigenvalue weighted by Gasteiger charge is 2.08. The third-order valence-corrected chi connectivity index (χ3v) is 3.06. The van der Waals surface area contributed by atoms with Crippen molar-refractivity contribution in [2.24, 2.45) is 0 Å². The topological polar surface area (TPSA) is 66.0 Å². The molecule has 0 saturated heterocycles. The quantitative estimate of drug-likeness (QED) is 0.789. The lowest BCUT2D eigenvalue weighted by molar-refractivity contribution is -0.118. The first-order chi connectivity index (χ1) is 12.0. The molecule has 0 radical (unpaired) electrons. The largest absolute Gasteiger partial charge is 0.496 e. The number of amides is 1. The molecule has 0 bridgehead atoms. The number of benzene rings is 2. The van der Waals surface area contributed by atoms with Crippen LogP contribution in [0.2, 0.25) is 0 Å². The molecular weight excluding hydrogens is 336 g/mol. The lowest BCUT2D eigenvalue weighted by Gasteiger charge is -2.11. The van der Waals surface area contributed by atoms with Crippen molar-refractivity contribution in [1.29, 1.82) is 0 Å². The van der Waals surface area contributed by atoms with Gasteiger partial charge in [0.2, 0.25) is 0 Å². The number of methoxy groups -OCH3 is 2. The van der Waals surface area contributed by atoms with E-state index in [2.05, 4.69) is 10.1 Å². The van der Waals surface area contributed by atoms with E-state index in [1.54, 1.807) is 18.2 Å². The molecule has 1 N–H and O–H groups in total. The third-order valence-electron chi connectivity index (χ3n) is 3.06. The number of anilines is 1. The van der Waals surface area contributed by atoms with Gasteiger partial charge in [0.15, 0.2) is 6.61 Å². The van der Waals surface area contributed by atoms with Crippen molar-refractivity contribution in [2.75, 3.05) is 26.1 Å². The summed E-state index contributed by atoms with van der Waals surface area (Å²) in [6, 6.07) is 10.5. The zero-order valence-electron chi connectivity index (χ0n) is 13.6. The molecule has 8 heteroatoms. The molecular formula is C17H17F2NO5. The Balaban J connectivity index is 1.90. The second-order valence-electron chi connectivity index (χ2n) is 4.79. The zero-order valence-corrected chi connectivity index (χ0v) is 13.6. The standard InChI is InChI=1S/C17H17F2NO5/c1-22-13-7-14(23-2)9-15(8-13)24-10-16(21)20-11-3-5-12(6-4-11)25-17(18)19/h3-9,17H,10H2,1-2H3,(H,20,21). The average molecular weight is 353 g/mol.